The highest BCUT2D eigenvalue weighted by Crippen LogP contribution is 2.34. The fourth-order valence-corrected chi connectivity index (χ4v) is 3.68. The largest absolute Gasteiger partial charge is 0.569 e. The Morgan fingerprint density at radius 3 is 2.35 bits per heavy atom. The minimum absolute atomic E-state index is 0.612. The Hall–Kier alpha value is -3.24. The van der Waals surface area contributed by atoms with Crippen molar-refractivity contribution in [3.8, 4) is 11.4 Å². The van der Waals surface area contributed by atoms with Gasteiger partial charge in [-0.3, -0.25) is 0 Å². The highest BCUT2D eigenvalue weighted by Gasteiger charge is 2.13. The number of rotatable bonds is 3. The molecule has 0 saturated carbocycles. The van der Waals surface area contributed by atoms with Gasteiger partial charge in [-0.2, -0.15) is 0 Å². The summed E-state index contributed by atoms with van der Waals surface area (Å²) < 4.78 is 7.42. The first kappa shape index (κ1) is 15.1. The van der Waals surface area contributed by atoms with E-state index in [1.807, 2.05) is 24.3 Å². The second kappa shape index (κ2) is 5.93. The van der Waals surface area contributed by atoms with Crippen LogP contribution in [0.4, 0.5) is 0 Å². The standard InChI is InChI=1S/C22H15BNO2/c25-23-26-18-11-12-22-20(14-18)19-7-3-4-8-21(19)24(22)17-10-9-15-5-1-2-6-16(15)13-17/h1-14,25H. The molecule has 0 amide bonds. The molecule has 0 unspecified atom stereocenters. The molecule has 0 fully saturated rings. The molecule has 0 aliphatic carbocycles. The molecule has 1 N–H and O–H groups in total. The van der Waals surface area contributed by atoms with E-state index in [1.54, 1.807) is 0 Å². The van der Waals surface area contributed by atoms with Gasteiger partial charge in [0.25, 0.3) is 0 Å². The Labute approximate surface area is 151 Å². The van der Waals surface area contributed by atoms with Crippen LogP contribution in [0.1, 0.15) is 0 Å². The maximum Gasteiger partial charge on any atom is 0.569 e. The Bertz CT molecular complexity index is 1260. The fraction of sp³-hybridized carbons (Fsp3) is 0. The van der Waals surface area contributed by atoms with Crippen molar-refractivity contribution in [1.29, 1.82) is 0 Å². The van der Waals surface area contributed by atoms with E-state index in [0.717, 1.165) is 27.5 Å². The third-order valence-corrected chi connectivity index (χ3v) is 4.82. The summed E-state index contributed by atoms with van der Waals surface area (Å²) in [6.45, 7) is 0. The number of aromatic nitrogens is 1. The minimum atomic E-state index is 0.612. The predicted octanol–water partition coefficient (Wildman–Crippen LogP) is 4.84. The number of para-hydroxylation sites is 1. The molecule has 0 aliphatic rings. The molecule has 4 heteroatoms. The van der Waals surface area contributed by atoms with Crippen LogP contribution in [0.25, 0.3) is 38.3 Å². The van der Waals surface area contributed by atoms with Gasteiger partial charge >= 0.3 is 7.69 Å². The van der Waals surface area contributed by atoms with E-state index in [1.165, 1.54) is 10.8 Å². The first-order valence-corrected chi connectivity index (χ1v) is 8.50. The van der Waals surface area contributed by atoms with Crippen molar-refractivity contribution < 1.29 is 9.68 Å². The number of benzene rings is 4. The molecule has 1 radical (unpaired) electrons. The molecule has 4 aromatic carbocycles. The Balaban J connectivity index is 1.84. The van der Waals surface area contributed by atoms with Crippen LogP contribution in [-0.4, -0.2) is 17.3 Å². The van der Waals surface area contributed by atoms with Crippen LogP contribution in [0.15, 0.2) is 84.9 Å². The van der Waals surface area contributed by atoms with Crippen LogP contribution < -0.4 is 4.65 Å². The molecule has 0 atom stereocenters. The van der Waals surface area contributed by atoms with E-state index >= 15 is 0 Å². The van der Waals surface area contributed by atoms with Gasteiger partial charge in [0.1, 0.15) is 5.75 Å². The number of hydrogen-bond acceptors (Lipinski definition) is 2. The maximum absolute atomic E-state index is 8.94. The SMILES string of the molecule is O[B]Oc1ccc2c(c1)c1ccccc1n2-c1ccc2ccccc2c1. The maximum atomic E-state index is 8.94. The second-order valence-corrected chi connectivity index (χ2v) is 6.29. The zero-order valence-electron chi connectivity index (χ0n) is 14.0. The van der Waals surface area contributed by atoms with E-state index in [-0.39, 0.29) is 0 Å². The number of hydrogen-bond donors (Lipinski definition) is 1. The molecule has 5 aromatic rings. The van der Waals surface area contributed by atoms with E-state index < -0.39 is 0 Å². The first-order valence-electron chi connectivity index (χ1n) is 8.50. The third kappa shape index (κ3) is 2.27. The van der Waals surface area contributed by atoms with Crippen molar-refractivity contribution >= 4 is 40.3 Å². The van der Waals surface area contributed by atoms with Gasteiger partial charge in [-0.05, 0) is 47.2 Å². The van der Waals surface area contributed by atoms with Gasteiger partial charge in [-0.1, -0.05) is 48.5 Å². The van der Waals surface area contributed by atoms with E-state index in [9.17, 15) is 0 Å². The highest BCUT2D eigenvalue weighted by atomic mass is 16.5. The van der Waals surface area contributed by atoms with Crippen molar-refractivity contribution in [1.82, 2.24) is 4.57 Å². The molecule has 0 aliphatic heterocycles. The Morgan fingerprint density at radius 2 is 1.46 bits per heavy atom. The molecular formula is C22H15BNO2. The van der Waals surface area contributed by atoms with Crippen molar-refractivity contribution in [3.05, 3.63) is 84.9 Å². The number of nitrogens with zero attached hydrogens (tertiary/aromatic N) is 1. The van der Waals surface area contributed by atoms with Crippen molar-refractivity contribution in [3.63, 3.8) is 0 Å². The molecule has 1 aromatic heterocycles. The lowest BCUT2D eigenvalue weighted by Gasteiger charge is -2.09. The van der Waals surface area contributed by atoms with Crippen LogP contribution in [0.2, 0.25) is 0 Å². The van der Waals surface area contributed by atoms with E-state index in [4.69, 9.17) is 9.68 Å². The quantitative estimate of drug-likeness (QED) is 0.478. The molecule has 26 heavy (non-hydrogen) atoms. The zero-order valence-corrected chi connectivity index (χ0v) is 14.0. The van der Waals surface area contributed by atoms with Crippen LogP contribution in [-0.2, 0) is 0 Å². The monoisotopic (exact) mass is 336 g/mol. The minimum Gasteiger partial charge on any atom is -0.537 e. The van der Waals surface area contributed by atoms with Crippen LogP contribution >= 0.6 is 0 Å². The number of fused-ring (bicyclic) bond motifs is 4. The molecule has 1 heterocycles. The lowest BCUT2D eigenvalue weighted by atomic mass is 10.1. The molecule has 0 saturated heterocycles. The van der Waals surface area contributed by atoms with Gasteiger partial charge in [0.05, 0.1) is 11.0 Å². The first-order chi connectivity index (χ1) is 12.8. The molecule has 3 nitrogen and oxygen atoms in total. The van der Waals surface area contributed by atoms with Gasteiger partial charge in [0, 0.05) is 16.5 Å². The van der Waals surface area contributed by atoms with Gasteiger partial charge in [0.2, 0.25) is 0 Å². The van der Waals surface area contributed by atoms with Crippen molar-refractivity contribution in [2.75, 3.05) is 0 Å². The van der Waals surface area contributed by atoms with Crippen LogP contribution in [0, 0.1) is 0 Å². The van der Waals surface area contributed by atoms with Gasteiger partial charge in [-0.25, -0.2) is 0 Å². The highest BCUT2D eigenvalue weighted by molar-refractivity contribution is 6.17. The summed E-state index contributed by atoms with van der Waals surface area (Å²) in [6.07, 6.45) is 0. The smallest absolute Gasteiger partial charge is 0.537 e. The second-order valence-electron chi connectivity index (χ2n) is 6.29. The summed E-state index contributed by atoms with van der Waals surface area (Å²) in [5.41, 5.74) is 3.37. The fourth-order valence-electron chi connectivity index (χ4n) is 3.68. The molecule has 123 valence electrons. The van der Waals surface area contributed by atoms with Crippen LogP contribution in [0.5, 0.6) is 5.75 Å². The summed E-state index contributed by atoms with van der Waals surface area (Å²) in [4.78, 5) is 0. The molecule has 5 rings (SSSR count). The summed E-state index contributed by atoms with van der Waals surface area (Å²) in [7, 11) is 0.712. The summed E-state index contributed by atoms with van der Waals surface area (Å²) in [5, 5.41) is 13.6. The van der Waals surface area contributed by atoms with Gasteiger partial charge in [-0.15, -0.1) is 0 Å². The Morgan fingerprint density at radius 1 is 0.692 bits per heavy atom. The lowest BCUT2D eigenvalue weighted by molar-refractivity contribution is 0.454. The van der Waals surface area contributed by atoms with Crippen molar-refractivity contribution in [2.24, 2.45) is 0 Å². The lowest BCUT2D eigenvalue weighted by Crippen LogP contribution is -1.99. The molecule has 0 bridgehead atoms. The third-order valence-electron chi connectivity index (χ3n) is 4.82. The molecule has 0 spiro atoms. The molecular weight excluding hydrogens is 321 g/mol. The summed E-state index contributed by atoms with van der Waals surface area (Å²) in [5.74, 6) is 0.612. The van der Waals surface area contributed by atoms with Gasteiger partial charge < -0.3 is 14.2 Å². The van der Waals surface area contributed by atoms with E-state index in [2.05, 4.69) is 65.2 Å². The summed E-state index contributed by atoms with van der Waals surface area (Å²) >= 11 is 0. The summed E-state index contributed by atoms with van der Waals surface area (Å²) in [6, 6.07) is 29.1. The average molecular weight is 336 g/mol. The Kier molecular flexibility index (Phi) is 3.44. The normalized spacial score (nSPS) is 11.3. The van der Waals surface area contributed by atoms with E-state index in [0.29, 0.717) is 13.4 Å². The predicted molar refractivity (Wildman–Crippen MR) is 107 cm³/mol. The topological polar surface area (TPSA) is 34.4 Å². The zero-order chi connectivity index (χ0) is 17.5. The van der Waals surface area contributed by atoms with Crippen LogP contribution in [0.3, 0.4) is 0 Å². The van der Waals surface area contributed by atoms with Crippen molar-refractivity contribution in [2.45, 2.75) is 0 Å². The van der Waals surface area contributed by atoms with Gasteiger partial charge in [0.15, 0.2) is 0 Å². The average Bonchev–Trinajstić information content (AvgIpc) is 3.02.